The average molecular weight is 262 g/mol. The van der Waals surface area contributed by atoms with E-state index in [0.29, 0.717) is 15.6 Å². The van der Waals surface area contributed by atoms with Crippen LogP contribution in [0.1, 0.15) is 32.4 Å². The summed E-state index contributed by atoms with van der Waals surface area (Å²) in [5.74, 6) is 0.150. The van der Waals surface area contributed by atoms with Crippen molar-refractivity contribution in [3.05, 3.63) is 33.8 Å². The molecule has 4 heteroatoms. The number of nitrogens with two attached hydrogens (primary N) is 1. The molecule has 0 aromatic heterocycles. The van der Waals surface area contributed by atoms with Crippen molar-refractivity contribution in [1.29, 1.82) is 0 Å². The molecule has 0 spiro atoms. The van der Waals surface area contributed by atoms with Gasteiger partial charge >= 0.3 is 0 Å². The molecule has 2 nitrogen and oxygen atoms in total. The zero-order valence-corrected chi connectivity index (χ0v) is 11.2. The zero-order chi connectivity index (χ0) is 12.5. The Bertz CT molecular complexity index is 377. The van der Waals surface area contributed by atoms with Gasteiger partial charge in [-0.05, 0) is 30.5 Å². The molecule has 0 saturated carbocycles. The molecule has 1 unspecified atom stereocenters. The summed E-state index contributed by atoms with van der Waals surface area (Å²) in [6.07, 6.45) is -0.762. The number of halogens is 2. The predicted octanol–water partition coefficient (Wildman–Crippen LogP) is 3.40. The Hall–Kier alpha value is -0.280. The van der Waals surface area contributed by atoms with Gasteiger partial charge in [0.1, 0.15) is 0 Å². The van der Waals surface area contributed by atoms with Crippen molar-refractivity contribution >= 4 is 23.2 Å². The smallest absolute Gasteiger partial charge is 0.0969 e. The molecule has 2 atom stereocenters. The lowest BCUT2D eigenvalue weighted by molar-refractivity contribution is 0.0660. The molecule has 0 amide bonds. The molecule has 0 radical (unpaired) electrons. The molecule has 16 heavy (non-hydrogen) atoms. The van der Waals surface area contributed by atoms with E-state index in [0.717, 1.165) is 0 Å². The van der Waals surface area contributed by atoms with E-state index in [1.54, 1.807) is 18.2 Å². The van der Waals surface area contributed by atoms with Crippen LogP contribution < -0.4 is 5.73 Å². The molecule has 0 fully saturated rings. The summed E-state index contributed by atoms with van der Waals surface area (Å²) in [4.78, 5) is 0. The van der Waals surface area contributed by atoms with E-state index in [9.17, 15) is 5.11 Å². The number of hydrogen-bond acceptors (Lipinski definition) is 2. The van der Waals surface area contributed by atoms with Crippen molar-refractivity contribution < 1.29 is 5.11 Å². The Morgan fingerprint density at radius 2 is 1.81 bits per heavy atom. The highest BCUT2D eigenvalue weighted by atomic mass is 35.5. The maximum Gasteiger partial charge on any atom is 0.0969 e. The van der Waals surface area contributed by atoms with E-state index in [1.807, 2.05) is 20.8 Å². The molecule has 0 heterocycles. The molecule has 90 valence electrons. The first-order valence-corrected chi connectivity index (χ1v) is 5.94. The van der Waals surface area contributed by atoms with E-state index in [2.05, 4.69) is 0 Å². The van der Waals surface area contributed by atoms with Gasteiger partial charge in [-0.1, -0.05) is 43.1 Å². The summed E-state index contributed by atoms with van der Waals surface area (Å²) in [7, 11) is 0. The molecule has 0 aliphatic carbocycles. The van der Waals surface area contributed by atoms with Gasteiger partial charge in [0.25, 0.3) is 0 Å². The van der Waals surface area contributed by atoms with Gasteiger partial charge in [0, 0.05) is 5.54 Å². The monoisotopic (exact) mass is 261 g/mol. The van der Waals surface area contributed by atoms with Gasteiger partial charge in [0.2, 0.25) is 0 Å². The summed E-state index contributed by atoms with van der Waals surface area (Å²) in [5.41, 5.74) is 6.09. The molecule has 3 N–H and O–H groups in total. The minimum atomic E-state index is -0.762. The number of rotatable bonds is 3. The second-order valence-electron chi connectivity index (χ2n) is 4.60. The number of hydrogen-bond donors (Lipinski definition) is 2. The summed E-state index contributed by atoms with van der Waals surface area (Å²) in [6.45, 7) is 5.77. The van der Waals surface area contributed by atoms with E-state index >= 15 is 0 Å². The molecule has 1 aromatic rings. The summed E-state index contributed by atoms with van der Waals surface area (Å²) < 4.78 is 0. The molecular formula is C12H17Cl2NO. The number of benzene rings is 1. The van der Waals surface area contributed by atoms with Crippen LogP contribution >= 0.6 is 23.2 Å². The van der Waals surface area contributed by atoms with E-state index in [4.69, 9.17) is 28.9 Å². The lowest BCUT2D eigenvalue weighted by atomic mass is 9.81. The van der Waals surface area contributed by atoms with Gasteiger partial charge in [0.15, 0.2) is 0 Å². The van der Waals surface area contributed by atoms with Gasteiger partial charge in [0.05, 0.1) is 16.1 Å². The SMILES string of the molecule is CC(C)C(C)(N)[C@@H](O)c1ccc(Cl)c(Cl)c1. The van der Waals surface area contributed by atoms with Crippen LogP contribution in [-0.2, 0) is 0 Å². The summed E-state index contributed by atoms with van der Waals surface area (Å²) in [6, 6.07) is 5.06. The Balaban J connectivity index is 3.05. The lowest BCUT2D eigenvalue weighted by Gasteiger charge is -2.34. The third-order valence-corrected chi connectivity index (χ3v) is 3.83. The average Bonchev–Trinajstić information content (AvgIpc) is 2.20. The molecule has 0 saturated heterocycles. The fraction of sp³-hybridized carbons (Fsp3) is 0.500. The van der Waals surface area contributed by atoms with Gasteiger partial charge in [-0.2, -0.15) is 0 Å². The van der Waals surface area contributed by atoms with Crippen LogP contribution in [0.3, 0.4) is 0 Å². The topological polar surface area (TPSA) is 46.2 Å². The lowest BCUT2D eigenvalue weighted by Crippen LogP contribution is -2.47. The molecule has 0 bridgehead atoms. The first kappa shape index (κ1) is 13.8. The third-order valence-electron chi connectivity index (χ3n) is 3.09. The normalized spacial score (nSPS) is 17.2. The Labute approximate surface area is 106 Å². The van der Waals surface area contributed by atoms with Crippen LogP contribution in [0.5, 0.6) is 0 Å². The Morgan fingerprint density at radius 3 is 2.25 bits per heavy atom. The van der Waals surface area contributed by atoms with Crippen molar-refractivity contribution in [2.75, 3.05) is 0 Å². The molecular weight excluding hydrogens is 245 g/mol. The predicted molar refractivity (Wildman–Crippen MR) is 68.9 cm³/mol. The van der Waals surface area contributed by atoms with Crippen LogP contribution in [0.15, 0.2) is 18.2 Å². The van der Waals surface area contributed by atoms with Crippen LogP contribution in [0.2, 0.25) is 10.0 Å². The van der Waals surface area contributed by atoms with Crippen LogP contribution in [0.25, 0.3) is 0 Å². The number of aliphatic hydroxyl groups is 1. The largest absolute Gasteiger partial charge is 0.386 e. The van der Waals surface area contributed by atoms with Gasteiger partial charge in [-0.15, -0.1) is 0 Å². The Kier molecular flexibility index (Phi) is 4.24. The van der Waals surface area contributed by atoms with Crippen LogP contribution in [0.4, 0.5) is 0 Å². The fourth-order valence-corrected chi connectivity index (χ4v) is 1.66. The van der Waals surface area contributed by atoms with Crippen molar-refractivity contribution in [3.63, 3.8) is 0 Å². The standard InChI is InChI=1S/C12H17Cl2NO/c1-7(2)12(3,15)11(16)8-4-5-9(13)10(14)6-8/h4-7,11,16H,15H2,1-3H3/t11-,12?/m0/s1. The summed E-state index contributed by atoms with van der Waals surface area (Å²) >= 11 is 11.7. The van der Waals surface area contributed by atoms with Gasteiger partial charge in [-0.3, -0.25) is 0 Å². The first-order chi connectivity index (χ1) is 7.26. The third kappa shape index (κ3) is 2.69. The molecule has 1 rings (SSSR count). The maximum absolute atomic E-state index is 10.2. The second-order valence-corrected chi connectivity index (χ2v) is 5.41. The minimum absolute atomic E-state index is 0.150. The molecule has 0 aliphatic heterocycles. The van der Waals surface area contributed by atoms with Crippen LogP contribution in [0, 0.1) is 5.92 Å². The summed E-state index contributed by atoms with van der Waals surface area (Å²) in [5, 5.41) is 11.1. The van der Waals surface area contributed by atoms with E-state index in [-0.39, 0.29) is 5.92 Å². The maximum atomic E-state index is 10.2. The quantitative estimate of drug-likeness (QED) is 0.876. The van der Waals surface area contributed by atoms with E-state index < -0.39 is 11.6 Å². The van der Waals surface area contributed by atoms with Crippen molar-refractivity contribution in [2.45, 2.75) is 32.4 Å². The van der Waals surface area contributed by atoms with Crippen molar-refractivity contribution in [2.24, 2.45) is 11.7 Å². The van der Waals surface area contributed by atoms with Gasteiger partial charge in [-0.25, -0.2) is 0 Å². The van der Waals surface area contributed by atoms with E-state index in [1.165, 1.54) is 0 Å². The highest BCUT2D eigenvalue weighted by Crippen LogP contribution is 2.32. The zero-order valence-electron chi connectivity index (χ0n) is 9.67. The van der Waals surface area contributed by atoms with Crippen LogP contribution in [-0.4, -0.2) is 10.6 Å². The highest BCUT2D eigenvalue weighted by molar-refractivity contribution is 6.42. The number of aliphatic hydroxyl groups excluding tert-OH is 1. The fourth-order valence-electron chi connectivity index (χ4n) is 1.36. The highest BCUT2D eigenvalue weighted by Gasteiger charge is 2.33. The Morgan fingerprint density at radius 1 is 1.25 bits per heavy atom. The second kappa shape index (κ2) is 4.92. The van der Waals surface area contributed by atoms with Gasteiger partial charge < -0.3 is 10.8 Å². The molecule has 0 aliphatic rings. The first-order valence-electron chi connectivity index (χ1n) is 5.18. The minimum Gasteiger partial charge on any atom is -0.386 e. The molecule has 1 aromatic carbocycles. The van der Waals surface area contributed by atoms with Crippen molar-refractivity contribution in [1.82, 2.24) is 0 Å². The van der Waals surface area contributed by atoms with Crippen molar-refractivity contribution in [3.8, 4) is 0 Å².